The molecule has 7 heteroatoms. The van der Waals surface area contributed by atoms with Crippen molar-refractivity contribution in [1.29, 1.82) is 0 Å². The molecule has 1 rings (SSSR count). The number of nitrogens with one attached hydrogen (secondary N) is 2. The summed E-state index contributed by atoms with van der Waals surface area (Å²) in [6.07, 6.45) is -1.08. The van der Waals surface area contributed by atoms with Crippen LogP contribution in [-0.2, 0) is 4.74 Å². The summed E-state index contributed by atoms with van der Waals surface area (Å²) in [5.74, 6) is 0.885. The highest BCUT2D eigenvalue weighted by Crippen LogP contribution is 2.16. The van der Waals surface area contributed by atoms with E-state index in [1.54, 1.807) is 44.7 Å². The average Bonchev–Trinajstić information content (AvgIpc) is 2.46. The highest BCUT2D eigenvalue weighted by Gasteiger charge is 2.07. The number of hydrogen-bond acceptors (Lipinski definition) is 6. The third-order valence-corrected chi connectivity index (χ3v) is 3.46. The van der Waals surface area contributed by atoms with Gasteiger partial charge in [-0.15, -0.1) is 11.8 Å². The Morgan fingerprint density at radius 1 is 1.30 bits per heavy atom. The average molecular weight is 339 g/mol. The Bertz CT molecular complexity index is 516. The van der Waals surface area contributed by atoms with Crippen molar-refractivity contribution in [1.82, 2.24) is 5.43 Å². The molecule has 1 unspecified atom stereocenters. The Morgan fingerprint density at radius 2 is 1.96 bits per heavy atom. The van der Waals surface area contributed by atoms with Crippen LogP contribution in [0.15, 0.2) is 29.4 Å². The standard InChI is InChI=1S/C16H25N3O3S/c1-5-23-15(19-17-10-12(4)20)13-6-8-14(9-7-13)18-16(21)22-11(2)3/h6-9,11-12,17,20H,5,10H2,1-4H3,(H,18,21)/b19-15-. The first kappa shape index (κ1) is 19.3. The molecule has 23 heavy (non-hydrogen) atoms. The van der Waals surface area contributed by atoms with Gasteiger partial charge >= 0.3 is 6.09 Å². The van der Waals surface area contributed by atoms with E-state index in [1.807, 2.05) is 19.1 Å². The van der Waals surface area contributed by atoms with E-state index in [4.69, 9.17) is 4.74 Å². The number of carbonyl (C=O) groups excluding carboxylic acids is 1. The lowest BCUT2D eigenvalue weighted by molar-refractivity contribution is 0.130. The van der Waals surface area contributed by atoms with Crippen molar-refractivity contribution >= 4 is 28.6 Å². The van der Waals surface area contributed by atoms with Crippen molar-refractivity contribution in [2.75, 3.05) is 17.6 Å². The molecule has 1 amide bonds. The van der Waals surface area contributed by atoms with E-state index in [0.29, 0.717) is 12.2 Å². The van der Waals surface area contributed by atoms with Crippen LogP contribution in [0.5, 0.6) is 0 Å². The van der Waals surface area contributed by atoms with E-state index in [-0.39, 0.29) is 6.10 Å². The molecule has 3 N–H and O–H groups in total. The summed E-state index contributed by atoms with van der Waals surface area (Å²) in [6.45, 7) is 7.74. The van der Waals surface area contributed by atoms with Crippen molar-refractivity contribution in [2.24, 2.45) is 5.10 Å². The Balaban J connectivity index is 2.72. The lowest BCUT2D eigenvalue weighted by atomic mass is 10.2. The second kappa shape index (κ2) is 10.1. The minimum atomic E-state index is -0.469. The summed E-state index contributed by atoms with van der Waals surface area (Å²) in [4.78, 5) is 11.6. The zero-order valence-corrected chi connectivity index (χ0v) is 14.8. The zero-order chi connectivity index (χ0) is 17.2. The van der Waals surface area contributed by atoms with Crippen LogP contribution in [0.3, 0.4) is 0 Å². The summed E-state index contributed by atoms with van der Waals surface area (Å²) >= 11 is 1.60. The van der Waals surface area contributed by atoms with Crippen LogP contribution in [0.25, 0.3) is 0 Å². The van der Waals surface area contributed by atoms with Gasteiger partial charge in [0.05, 0.1) is 18.8 Å². The monoisotopic (exact) mass is 339 g/mol. The van der Waals surface area contributed by atoms with Gasteiger partial charge in [0.1, 0.15) is 5.04 Å². The highest BCUT2D eigenvalue weighted by molar-refractivity contribution is 8.14. The van der Waals surface area contributed by atoms with E-state index in [2.05, 4.69) is 15.8 Å². The van der Waals surface area contributed by atoms with Gasteiger partial charge in [0, 0.05) is 11.3 Å². The first-order valence-corrected chi connectivity index (χ1v) is 8.60. The van der Waals surface area contributed by atoms with Gasteiger partial charge in [0.25, 0.3) is 0 Å². The molecular formula is C16H25N3O3S. The van der Waals surface area contributed by atoms with Crippen LogP contribution < -0.4 is 10.7 Å². The number of aliphatic hydroxyl groups excluding tert-OH is 1. The molecule has 0 aromatic heterocycles. The number of hydrazone groups is 1. The van der Waals surface area contributed by atoms with E-state index < -0.39 is 12.2 Å². The molecule has 0 aliphatic heterocycles. The van der Waals surface area contributed by atoms with Gasteiger partial charge in [0.15, 0.2) is 0 Å². The molecule has 0 saturated heterocycles. The van der Waals surface area contributed by atoms with Gasteiger partial charge in [-0.3, -0.25) is 5.32 Å². The van der Waals surface area contributed by atoms with Gasteiger partial charge in [-0.05, 0) is 38.7 Å². The Kier molecular flexibility index (Phi) is 8.50. The molecule has 0 fully saturated rings. The van der Waals surface area contributed by atoms with E-state index in [0.717, 1.165) is 16.4 Å². The topological polar surface area (TPSA) is 83.0 Å². The van der Waals surface area contributed by atoms with Crippen molar-refractivity contribution in [3.8, 4) is 0 Å². The molecule has 1 aromatic rings. The molecule has 6 nitrogen and oxygen atoms in total. The molecule has 0 radical (unpaired) electrons. The van der Waals surface area contributed by atoms with Gasteiger partial charge < -0.3 is 15.3 Å². The lowest BCUT2D eigenvalue weighted by Gasteiger charge is -2.11. The third-order valence-electron chi connectivity index (χ3n) is 2.57. The number of carbonyl (C=O) groups is 1. The number of hydrogen-bond donors (Lipinski definition) is 3. The first-order valence-electron chi connectivity index (χ1n) is 7.61. The first-order chi connectivity index (χ1) is 10.9. The van der Waals surface area contributed by atoms with Gasteiger partial charge in [-0.25, -0.2) is 4.79 Å². The maximum Gasteiger partial charge on any atom is 0.411 e. The molecule has 0 spiro atoms. The Hall–Kier alpha value is -1.73. The molecule has 0 aliphatic carbocycles. The minimum Gasteiger partial charge on any atom is -0.447 e. The number of benzene rings is 1. The molecule has 0 saturated carbocycles. The maximum absolute atomic E-state index is 11.6. The van der Waals surface area contributed by atoms with E-state index in [1.165, 1.54) is 0 Å². The fourth-order valence-electron chi connectivity index (χ4n) is 1.62. The SMILES string of the molecule is CCS/C(=N\NCC(C)O)c1ccc(NC(=O)OC(C)C)cc1. The number of amides is 1. The van der Waals surface area contributed by atoms with Crippen molar-refractivity contribution < 1.29 is 14.6 Å². The molecule has 0 heterocycles. The third kappa shape index (κ3) is 7.90. The summed E-state index contributed by atoms with van der Waals surface area (Å²) < 4.78 is 5.03. The van der Waals surface area contributed by atoms with Crippen LogP contribution in [0, 0.1) is 0 Å². The van der Waals surface area contributed by atoms with Gasteiger partial charge in [-0.1, -0.05) is 19.1 Å². The van der Waals surface area contributed by atoms with Crippen LogP contribution in [-0.4, -0.2) is 40.7 Å². The quantitative estimate of drug-likeness (QED) is 0.404. The highest BCUT2D eigenvalue weighted by atomic mass is 32.2. The second-order valence-corrected chi connectivity index (χ2v) is 6.47. The molecular weight excluding hydrogens is 314 g/mol. The molecule has 0 aliphatic rings. The van der Waals surface area contributed by atoms with Crippen molar-refractivity contribution in [2.45, 2.75) is 39.9 Å². The smallest absolute Gasteiger partial charge is 0.411 e. The predicted molar refractivity (Wildman–Crippen MR) is 96.0 cm³/mol. The maximum atomic E-state index is 11.6. The number of aliphatic hydroxyl groups is 1. The van der Waals surface area contributed by atoms with Crippen LogP contribution in [0.1, 0.15) is 33.3 Å². The van der Waals surface area contributed by atoms with Crippen molar-refractivity contribution in [3.63, 3.8) is 0 Å². The summed E-state index contributed by atoms with van der Waals surface area (Å²) in [5, 5.41) is 17.1. The van der Waals surface area contributed by atoms with Crippen LogP contribution in [0.2, 0.25) is 0 Å². The number of ether oxygens (including phenoxy) is 1. The Labute approximate surface area is 141 Å². The van der Waals surface area contributed by atoms with Crippen LogP contribution >= 0.6 is 11.8 Å². The van der Waals surface area contributed by atoms with Crippen molar-refractivity contribution in [3.05, 3.63) is 29.8 Å². The normalized spacial score (nSPS) is 12.9. The predicted octanol–water partition coefficient (Wildman–Crippen LogP) is 3.03. The number of rotatable bonds is 7. The fourth-order valence-corrected chi connectivity index (χ4v) is 2.33. The minimum absolute atomic E-state index is 0.158. The molecule has 128 valence electrons. The van der Waals surface area contributed by atoms with Crippen LogP contribution in [0.4, 0.5) is 10.5 Å². The zero-order valence-electron chi connectivity index (χ0n) is 14.0. The van der Waals surface area contributed by atoms with E-state index >= 15 is 0 Å². The number of nitrogens with zero attached hydrogens (tertiary/aromatic N) is 1. The molecule has 0 bridgehead atoms. The van der Waals surface area contributed by atoms with Gasteiger partial charge in [0.2, 0.25) is 0 Å². The summed E-state index contributed by atoms with van der Waals surface area (Å²) in [6, 6.07) is 7.38. The summed E-state index contributed by atoms with van der Waals surface area (Å²) in [7, 11) is 0. The second-order valence-electron chi connectivity index (χ2n) is 5.22. The largest absolute Gasteiger partial charge is 0.447 e. The van der Waals surface area contributed by atoms with E-state index in [9.17, 15) is 9.90 Å². The Morgan fingerprint density at radius 3 is 2.48 bits per heavy atom. The number of anilines is 1. The fraction of sp³-hybridized carbons (Fsp3) is 0.500. The number of thioether (sulfide) groups is 1. The van der Waals surface area contributed by atoms with Gasteiger partial charge in [-0.2, -0.15) is 5.10 Å². The summed E-state index contributed by atoms with van der Waals surface area (Å²) in [5.41, 5.74) is 4.47. The molecule has 1 atom stereocenters. The lowest BCUT2D eigenvalue weighted by Crippen LogP contribution is -2.21. The molecule has 1 aromatic carbocycles.